The third-order valence-corrected chi connectivity index (χ3v) is 3.43. The first-order valence-corrected chi connectivity index (χ1v) is 7.76. The second-order valence-corrected chi connectivity index (χ2v) is 5.54. The first-order chi connectivity index (χ1) is 8.39. The molecule has 0 bridgehead atoms. The van der Waals surface area contributed by atoms with Gasteiger partial charge < -0.3 is 0 Å². The second-order valence-electron chi connectivity index (χ2n) is 2.53. The van der Waals surface area contributed by atoms with Crippen molar-refractivity contribution in [1.29, 1.82) is 0 Å². The third kappa shape index (κ3) is 7.42. The van der Waals surface area contributed by atoms with Crippen LogP contribution < -0.4 is 0 Å². The fourth-order valence-electron chi connectivity index (χ4n) is 0.677. The molecule has 0 rings (SSSR count). The lowest BCUT2D eigenvalue weighted by Crippen LogP contribution is -2.07. The Balaban J connectivity index is 4.53. The minimum absolute atomic E-state index is 0.0488. The molecule has 10 heteroatoms. The van der Waals surface area contributed by atoms with Gasteiger partial charge in [-0.25, -0.2) is 4.57 Å². The average molecular weight is 299 g/mol. The molecule has 0 unspecified atom stereocenters. The summed E-state index contributed by atoms with van der Waals surface area (Å²) < 4.78 is 51.8. The Hall–Kier alpha value is -0.910. The van der Waals surface area contributed by atoms with E-state index in [9.17, 15) is 13.0 Å². The molecule has 0 aromatic heterocycles. The molecule has 104 valence electrons. The molecule has 18 heavy (non-hydrogen) atoms. The predicted octanol–water partition coefficient (Wildman–Crippen LogP) is 1.11. The first-order valence-electron chi connectivity index (χ1n) is 4.83. The Morgan fingerprint density at radius 1 is 1.33 bits per heavy atom. The van der Waals surface area contributed by atoms with Gasteiger partial charge in [0.1, 0.15) is 6.61 Å². The van der Waals surface area contributed by atoms with E-state index in [2.05, 4.69) is 14.0 Å². The van der Waals surface area contributed by atoms with Crippen molar-refractivity contribution in [3.05, 3.63) is 0 Å². The van der Waals surface area contributed by atoms with E-state index >= 15 is 0 Å². The van der Waals surface area contributed by atoms with Gasteiger partial charge in [0.2, 0.25) is 0 Å². The van der Waals surface area contributed by atoms with E-state index in [4.69, 9.17) is 15.5 Å². The lowest BCUT2D eigenvalue weighted by molar-refractivity contribution is 0.125. The molecular formula is C8H14NO7PS. The molecule has 0 aliphatic carbocycles. The summed E-state index contributed by atoms with van der Waals surface area (Å²) in [6.07, 6.45) is 4.81. The summed E-state index contributed by atoms with van der Waals surface area (Å²) in [5.74, 6) is 1.96. The standard InChI is InChI=1S/C8H14NO7PS/c1-4-7-15-18(11,12)8-9-16-17(10,13-5-2)14-6-3/h1,8H,5-7H2,2-3H3. The molecule has 8 nitrogen and oxygen atoms in total. The molecular weight excluding hydrogens is 285 g/mol. The van der Waals surface area contributed by atoms with Crippen molar-refractivity contribution in [3.63, 3.8) is 0 Å². The molecule has 0 radical (unpaired) electrons. The molecule has 0 fully saturated rings. The fraction of sp³-hybridized carbons (Fsp3) is 0.625. The van der Waals surface area contributed by atoms with Crippen molar-refractivity contribution in [2.75, 3.05) is 19.8 Å². The molecule has 0 amide bonds. The number of terminal acetylenes is 1. The second kappa shape index (κ2) is 8.24. The largest absolute Gasteiger partial charge is 0.550 e. The Kier molecular flexibility index (Phi) is 7.82. The van der Waals surface area contributed by atoms with Crippen LogP contribution in [0.1, 0.15) is 13.8 Å². The minimum atomic E-state index is -4.09. The smallest absolute Gasteiger partial charge is 0.291 e. The summed E-state index contributed by atoms with van der Waals surface area (Å²) >= 11 is 0. The first kappa shape index (κ1) is 17.1. The molecule has 0 aliphatic rings. The van der Waals surface area contributed by atoms with Gasteiger partial charge in [-0.15, -0.1) is 6.42 Å². The normalized spacial score (nSPS) is 12.5. The number of phosphoric ester groups is 1. The van der Waals surface area contributed by atoms with Gasteiger partial charge in [0.25, 0.3) is 0 Å². The summed E-state index contributed by atoms with van der Waals surface area (Å²) in [5.41, 5.74) is 0.315. The van der Waals surface area contributed by atoms with E-state index in [0.717, 1.165) is 0 Å². The van der Waals surface area contributed by atoms with Crippen LogP contribution in [-0.2, 0) is 32.5 Å². The molecule has 0 atom stereocenters. The zero-order valence-corrected chi connectivity index (χ0v) is 11.6. The maximum Gasteiger partial charge on any atom is 0.550 e. The number of hydrogen-bond donors (Lipinski definition) is 0. The van der Waals surface area contributed by atoms with E-state index < -0.39 is 24.5 Å². The highest BCUT2D eigenvalue weighted by molar-refractivity contribution is 8.00. The zero-order chi connectivity index (χ0) is 14.1. The van der Waals surface area contributed by atoms with Crippen LogP contribution in [0.5, 0.6) is 0 Å². The van der Waals surface area contributed by atoms with Crippen molar-refractivity contribution in [3.8, 4) is 12.3 Å². The number of hydrogen-bond acceptors (Lipinski definition) is 8. The van der Waals surface area contributed by atoms with E-state index in [1.807, 2.05) is 5.92 Å². The summed E-state index contributed by atoms with van der Waals surface area (Å²) in [6.45, 7) is 2.78. The lowest BCUT2D eigenvalue weighted by atomic mass is 10.8. The van der Waals surface area contributed by atoms with E-state index in [1.165, 1.54) is 0 Å². The maximum atomic E-state index is 11.7. The molecule has 0 aromatic rings. The Morgan fingerprint density at radius 3 is 2.33 bits per heavy atom. The quantitative estimate of drug-likeness (QED) is 0.157. The van der Waals surface area contributed by atoms with E-state index in [0.29, 0.717) is 5.55 Å². The molecule has 0 N–H and O–H groups in total. The summed E-state index contributed by atoms with van der Waals surface area (Å²) in [6, 6.07) is 0. The highest BCUT2D eigenvalue weighted by Crippen LogP contribution is 2.49. The number of oxime groups is 1. The molecule has 0 spiro atoms. The van der Waals surface area contributed by atoms with Gasteiger partial charge in [0.05, 0.1) is 13.2 Å². The molecule has 0 aliphatic heterocycles. The van der Waals surface area contributed by atoms with Gasteiger partial charge in [-0.2, -0.15) is 8.42 Å². The zero-order valence-electron chi connectivity index (χ0n) is 9.94. The molecule has 0 saturated heterocycles. The van der Waals surface area contributed by atoms with Crippen molar-refractivity contribution < 1.29 is 30.8 Å². The highest BCUT2D eigenvalue weighted by Gasteiger charge is 2.27. The van der Waals surface area contributed by atoms with Crippen molar-refractivity contribution >= 4 is 23.5 Å². The number of nitrogens with zero attached hydrogens (tertiary/aromatic N) is 1. The SMILES string of the molecule is C#CCOS(=O)(=O)C=NOP(=O)(OCC)OCC. The van der Waals surface area contributed by atoms with Gasteiger partial charge in [0.15, 0.2) is 5.55 Å². The van der Waals surface area contributed by atoms with E-state index in [1.54, 1.807) is 13.8 Å². The van der Waals surface area contributed by atoms with Crippen LogP contribution in [0.2, 0.25) is 0 Å². The van der Waals surface area contributed by atoms with Crippen LogP contribution in [0.3, 0.4) is 0 Å². The Labute approximate surface area is 106 Å². The lowest BCUT2D eigenvalue weighted by Gasteiger charge is -2.12. The van der Waals surface area contributed by atoms with Gasteiger partial charge >= 0.3 is 17.9 Å². The third-order valence-electron chi connectivity index (χ3n) is 1.20. The van der Waals surface area contributed by atoms with E-state index in [-0.39, 0.29) is 13.2 Å². The Morgan fingerprint density at radius 2 is 1.89 bits per heavy atom. The summed E-state index contributed by atoms with van der Waals surface area (Å²) in [7, 11) is -7.98. The van der Waals surface area contributed by atoms with Crippen LogP contribution in [0, 0.1) is 12.3 Å². The van der Waals surface area contributed by atoms with Gasteiger partial charge in [-0.3, -0.25) is 17.9 Å². The maximum absolute atomic E-state index is 11.7. The number of phosphoric acid groups is 1. The number of rotatable bonds is 9. The van der Waals surface area contributed by atoms with Crippen LogP contribution in [0.4, 0.5) is 0 Å². The van der Waals surface area contributed by atoms with Crippen molar-refractivity contribution in [1.82, 2.24) is 0 Å². The topological polar surface area (TPSA) is 100 Å². The van der Waals surface area contributed by atoms with Crippen LogP contribution in [0.25, 0.3) is 0 Å². The van der Waals surface area contributed by atoms with Crippen molar-refractivity contribution in [2.24, 2.45) is 5.16 Å². The fourth-order valence-corrected chi connectivity index (χ4v) is 2.15. The highest BCUT2D eigenvalue weighted by atomic mass is 32.2. The average Bonchev–Trinajstić information content (AvgIpc) is 2.26. The summed E-state index contributed by atoms with van der Waals surface area (Å²) in [4.78, 5) is 0. The van der Waals surface area contributed by atoms with Gasteiger partial charge in [0, 0.05) is 0 Å². The molecule has 0 heterocycles. The molecule has 0 saturated carbocycles. The van der Waals surface area contributed by atoms with Crippen LogP contribution in [0.15, 0.2) is 5.16 Å². The molecule has 0 aromatic carbocycles. The Bertz CT molecular complexity index is 443. The van der Waals surface area contributed by atoms with Crippen LogP contribution >= 0.6 is 7.82 Å². The van der Waals surface area contributed by atoms with Gasteiger partial charge in [-0.1, -0.05) is 11.1 Å². The minimum Gasteiger partial charge on any atom is -0.291 e. The van der Waals surface area contributed by atoms with Crippen LogP contribution in [-0.4, -0.2) is 33.8 Å². The monoisotopic (exact) mass is 299 g/mol. The van der Waals surface area contributed by atoms with Crippen molar-refractivity contribution in [2.45, 2.75) is 13.8 Å². The van der Waals surface area contributed by atoms with Gasteiger partial charge in [-0.05, 0) is 13.8 Å². The predicted molar refractivity (Wildman–Crippen MR) is 64.1 cm³/mol. The summed E-state index contributed by atoms with van der Waals surface area (Å²) in [5, 5.41) is 2.99.